The zero-order chi connectivity index (χ0) is 22.3. The first-order valence-electron chi connectivity index (χ1n) is 11.5. The molecule has 0 saturated carbocycles. The van der Waals surface area contributed by atoms with Crippen LogP contribution in [0.2, 0.25) is 0 Å². The highest BCUT2D eigenvalue weighted by Crippen LogP contribution is 2.17. The van der Waals surface area contributed by atoms with E-state index in [0.717, 1.165) is 44.0 Å². The van der Waals surface area contributed by atoms with Crippen LogP contribution in [0.1, 0.15) is 25.2 Å². The van der Waals surface area contributed by atoms with E-state index in [0.29, 0.717) is 19.0 Å². The number of nitrogens with one attached hydrogen (secondary N) is 1. The van der Waals surface area contributed by atoms with E-state index in [4.69, 9.17) is 5.10 Å². The molecule has 1 aromatic heterocycles. The van der Waals surface area contributed by atoms with Gasteiger partial charge in [0, 0.05) is 37.6 Å². The van der Waals surface area contributed by atoms with Gasteiger partial charge in [0.2, 0.25) is 5.91 Å². The number of rotatable bonds is 8. The lowest BCUT2D eigenvalue weighted by Gasteiger charge is -2.35. The maximum absolute atomic E-state index is 12.6. The minimum absolute atomic E-state index is 0.0535. The van der Waals surface area contributed by atoms with Crippen LogP contribution in [0, 0.1) is 5.92 Å². The predicted molar refractivity (Wildman–Crippen MR) is 129 cm³/mol. The van der Waals surface area contributed by atoms with Crippen molar-refractivity contribution < 1.29 is 4.79 Å². The first-order valence-corrected chi connectivity index (χ1v) is 11.5. The molecule has 1 aliphatic heterocycles. The molecule has 6 heteroatoms. The van der Waals surface area contributed by atoms with Gasteiger partial charge in [0.25, 0.3) is 0 Å². The molecule has 168 valence electrons. The first kappa shape index (κ1) is 22.1. The molecule has 6 nitrogen and oxygen atoms in total. The van der Waals surface area contributed by atoms with Crippen LogP contribution in [-0.2, 0) is 17.8 Å². The van der Waals surface area contributed by atoms with Crippen LogP contribution in [0.15, 0.2) is 66.7 Å². The second-order valence-corrected chi connectivity index (χ2v) is 8.85. The molecule has 2 aromatic carbocycles. The first-order chi connectivity index (χ1) is 15.6. The smallest absolute Gasteiger partial charge is 0.234 e. The number of amides is 1. The summed E-state index contributed by atoms with van der Waals surface area (Å²) in [4.78, 5) is 17.2. The van der Waals surface area contributed by atoms with Crippen molar-refractivity contribution in [2.45, 2.75) is 26.8 Å². The van der Waals surface area contributed by atoms with Gasteiger partial charge in [-0.1, -0.05) is 50.2 Å². The maximum Gasteiger partial charge on any atom is 0.234 e. The molecule has 0 atom stereocenters. The van der Waals surface area contributed by atoms with E-state index >= 15 is 0 Å². The third-order valence-corrected chi connectivity index (χ3v) is 5.78. The molecule has 0 unspecified atom stereocenters. The van der Waals surface area contributed by atoms with Gasteiger partial charge >= 0.3 is 0 Å². The number of hydrogen-bond donors (Lipinski definition) is 1. The molecule has 3 aromatic rings. The normalized spacial score (nSPS) is 14.7. The summed E-state index contributed by atoms with van der Waals surface area (Å²) in [5, 5.41) is 7.84. The lowest BCUT2D eigenvalue weighted by molar-refractivity contribution is -0.122. The van der Waals surface area contributed by atoms with Crippen molar-refractivity contribution in [1.82, 2.24) is 20.0 Å². The Kier molecular flexibility index (Phi) is 7.22. The minimum atomic E-state index is 0.0535. The monoisotopic (exact) mass is 431 g/mol. The number of carbonyl (C=O) groups is 1. The van der Waals surface area contributed by atoms with Crippen LogP contribution >= 0.6 is 0 Å². The Morgan fingerprint density at radius 2 is 1.56 bits per heavy atom. The summed E-state index contributed by atoms with van der Waals surface area (Å²) >= 11 is 0. The molecule has 1 N–H and O–H groups in total. The summed E-state index contributed by atoms with van der Waals surface area (Å²) in [6.07, 6.45) is 0.946. The standard InChI is InChI=1S/C26H33N5O/c1-21(2)17-25-18-22(28-31(25)24-11-7-4-8-12-24)19-27-26(32)20-29-13-15-30(16-14-29)23-9-5-3-6-10-23/h3-12,18,21H,13-17,19-20H2,1-2H3,(H,27,32). The fourth-order valence-corrected chi connectivity index (χ4v) is 4.17. The van der Waals surface area contributed by atoms with Gasteiger partial charge in [0.15, 0.2) is 0 Å². The largest absolute Gasteiger partial charge is 0.369 e. The fourth-order valence-electron chi connectivity index (χ4n) is 4.17. The molecule has 4 rings (SSSR count). The summed E-state index contributed by atoms with van der Waals surface area (Å²) in [5.74, 6) is 0.587. The third kappa shape index (κ3) is 5.77. The van der Waals surface area contributed by atoms with E-state index in [1.807, 2.05) is 28.9 Å². The number of anilines is 1. The molecule has 1 fully saturated rings. The number of nitrogens with zero attached hydrogens (tertiary/aromatic N) is 4. The van der Waals surface area contributed by atoms with Crippen LogP contribution in [0.25, 0.3) is 5.69 Å². The Balaban J connectivity index is 1.30. The molecule has 32 heavy (non-hydrogen) atoms. The van der Waals surface area contributed by atoms with Crippen LogP contribution in [0.3, 0.4) is 0 Å². The summed E-state index contributed by atoms with van der Waals surface area (Å²) < 4.78 is 2.00. The van der Waals surface area contributed by atoms with Gasteiger partial charge in [-0.2, -0.15) is 5.10 Å². The van der Waals surface area contributed by atoms with Crippen molar-refractivity contribution in [3.8, 4) is 5.69 Å². The van der Waals surface area contributed by atoms with E-state index in [1.165, 1.54) is 11.4 Å². The average Bonchev–Trinajstić information content (AvgIpc) is 3.21. The van der Waals surface area contributed by atoms with Gasteiger partial charge in [-0.05, 0) is 42.7 Å². The van der Waals surface area contributed by atoms with Crippen molar-refractivity contribution in [1.29, 1.82) is 0 Å². The van der Waals surface area contributed by atoms with Crippen molar-refractivity contribution in [2.75, 3.05) is 37.6 Å². The lowest BCUT2D eigenvalue weighted by Crippen LogP contribution is -2.49. The van der Waals surface area contributed by atoms with Crippen LogP contribution in [0.5, 0.6) is 0 Å². The van der Waals surface area contributed by atoms with Gasteiger partial charge in [-0.15, -0.1) is 0 Å². The maximum atomic E-state index is 12.6. The third-order valence-electron chi connectivity index (χ3n) is 5.78. The van der Waals surface area contributed by atoms with Crippen molar-refractivity contribution in [3.05, 3.63) is 78.1 Å². The highest BCUT2D eigenvalue weighted by molar-refractivity contribution is 5.78. The number of hydrogen-bond acceptors (Lipinski definition) is 4. The molecule has 1 saturated heterocycles. The van der Waals surface area contributed by atoms with E-state index in [9.17, 15) is 4.79 Å². The quantitative estimate of drug-likeness (QED) is 0.593. The molecule has 0 radical (unpaired) electrons. The zero-order valence-electron chi connectivity index (χ0n) is 19.1. The molecule has 1 aliphatic rings. The molecule has 0 aliphatic carbocycles. The number of piperazine rings is 1. The average molecular weight is 432 g/mol. The number of aromatic nitrogens is 2. The fraction of sp³-hybridized carbons (Fsp3) is 0.385. The predicted octanol–water partition coefficient (Wildman–Crippen LogP) is 3.51. The number of para-hydroxylation sites is 2. The number of benzene rings is 2. The Bertz CT molecular complexity index is 992. The zero-order valence-corrected chi connectivity index (χ0v) is 19.1. The van der Waals surface area contributed by atoms with Crippen LogP contribution < -0.4 is 10.2 Å². The second-order valence-electron chi connectivity index (χ2n) is 8.85. The van der Waals surface area contributed by atoms with Crippen molar-refractivity contribution in [3.63, 3.8) is 0 Å². The van der Waals surface area contributed by atoms with Gasteiger partial charge in [-0.25, -0.2) is 4.68 Å². The van der Waals surface area contributed by atoms with Crippen LogP contribution in [-0.4, -0.2) is 53.3 Å². The van der Waals surface area contributed by atoms with E-state index in [2.05, 4.69) is 71.4 Å². The highest BCUT2D eigenvalue weighted by atomic mass is 16.2. The Labute approximate surface area is 190 Å². The molecular weight excluding hydrogens is 398 g/mol. The number of carbonyl (C=O) groups excluding carboxylic acids is 1. The highest BCUT2D eigenvalue weighted by Gasteiger charge is 2.19. The van der Waals surface area contributed by atoms with Gasteiger partial charge in [0.05, 0.1) is 24.5 Å². The molecular formula is C26H33N5O. The van der Waals surface area contributed by atoms with Gasteiger partial charge < -0.3 is 10.2 Å². The van der Waals surface area contributed by atoms with E-state index in [1.54, 1.807) is 0 Å². The topological polar surface area (TPSA) is 53.4 Å². The molecule has 1 amide bonds. The Hall–Kier alpha value is -3.12. The Morgan fingerprint density at radius 3 is 2.19 bits per heavy atom. The molecule has 2 heterocycles. The van der Waals surface area contributed by atoms with E-state index in [-0.39, 0.29) is 5.91 Å². The van der Waals surface area contributed by atoms with E-state index < -0.39 is 0 Å². The second kappa shape index (κ2) is 10.5. The van der Waals surface area contributed by atoms with Crippen LogP contribution in [0.4, 0.5) is 5.69 Å². The Morgan fingerprint density at radius 1 is 0.938 bits per heavy atom. The summed E-state index contributed by atoms with van der Waals surface area (Å²) in [5.41, 5.74) is 4.37. The van der Waals surface area contributed by atoms with Crippen molar-refractivity contribution >= 4 is 11.6 Å². The summed E-state index contributed by atoms with van der Waals surface area (Å²) in [6, 6.07) is 22.8. The lowest BCUT2D eigenvalue weighted by atomic mass is 10.1. The molecule has 0 spiro atoms. The summed E-state index contributed by atoms with van der Waals surface area (Å²) in [6.45, 7) is 8.97. The molecule has 0 bridgehead atoms. The van der Waals surface area contributed by atoms with Gasteiger partial charge in [-0.3, -0.25) is 9.69 Å². The summed E-state index contributed by atoms with van der Waals surface area (Å²) in [7, 11) is 0. The SMILES string of the molecule is CC(C)Cc1cc(CNC(=O)CN2CCN(c3ccccc3)CC2)nn1-c1ccccc1. The van der Waals surface area contributed by atoms with Gasteiger partial charge in [0.1, 0.15) is 0 Å². The van der Waals surface area contributed by atoms with Crippen molar-refractivity contribution in [2.24, 2.45) is 5.92 Å². The minimum Gasteiger partial charge on any atom is -0.369 e.